The predicted molar refractivity (Wildman–Crippen MR) is 96.7 cm³/mol. The fourth-order valence-electron chi connectivity index (χ4n) is 3.35. The van der Waals surface area contributed by atoms with Gasteiger partial charge in [-0.3, -0.25) is 4.79 Å². The molecule has 3 rings (SSSR count). The van der Waals surface area contributed by atoms with Gasteiger partial charge in [0.1, 0.15) is 5.82 Å². The quantitative estimate of drug-likeness (QED) is 0.902. The van der Waals surface area contributed by atoms with Gasteiger partial charge in [0.05, 0.1) is 5.69 Å². The van der Waals surface area contributed by atoms with Crippen molar-refractivity contribution in [2.24, 2.45) is 5.92 Å². The van der Waals surface area contributed by atoms with E-state index in [-0.39, 0.29) is 5.91 Å². The highest BCUT2D eigenvalue weighted by Gasteiger charge is 2.28. The lowest BCUT2D eigenvalue weighted by Crippen LogP contribution is -2.39. The second-order valence-corrected chi connectivity index (χ2v) is 7.10. The number of carbonyl (C=O) groups excluding carboxylic acids is 1. The fraction of sp³-hybridized carbons (Fsp3) is 0.526. The first-order valence-electron chi connectivity index (χ1n) is 8.95. The third kappa shape index (κ3) is 4.18. The molecule has 0 radical (unpaired) electrons. The van der Waals surface area contributed by atoms with E-state index in [1.165, 1.54) is 5.56 Å². The van der Waals surface area contributed by atoms with Crippen LogP contribution in [0.3, 0.4) is 0 Å². The van der Waals surface area contributed by atoms with Gasteiger partial charge in [-0.1, -0.05) is 19.0 Å². The molecule has 0 aromatic carbocycles. The molecular weight excluding hydrogens is 316 g/mol. The van der Waals surface area contributed by atoms with Crippen molar-refractivity contribution < 1.29 is 9.32 Å². The molecule has 6 nitrogen and oxygen atoms in total. The molecule has 134 valence electrons. The Morgan fingerprint density at radius 2 is 2.28 bits per heavy atom. The zero-order chi connectivity index (χ0) is 17.8. The lowest BCUT2D eigenvalue weighted by molar-refractivity contribution is 0.0665. The Labute approximate surface area is 148 Å². The van der Waals surface area contributed by atoms with Crippen molar-refractivity contribution in [1.29, 1.82) is 0 Å². The zero-order valence-electron chi connectivity index (χ0n) is 15.2. The summed E-state index contributed by atoms with van der Waals surface area (Å²) in [4.78, 5) is 18.9. The maximum absolute atomic E-state index is 12.8. The number of amides is 1. The van der Waals surface area contributed by atoms with Gasteiger partial charge >= 0.3 is 0 Å². The van der Waals surface area contributed by atoms with E-state index in [1.807, 2.05) is 24.2 Å². The van der Waals surface area contributed by atoms with Crippen LogP contribution in [-0.4, -0.2) is 41.1 Å². The Kier molecular flexibility index (Phi) is 5.36. The molecule has 1 fully saturated rings. The maximum atomic E-state index is 12.8. The molecule has 1 aliphatic heterocycles. The van der Waals surface area contributed by atoms with Crippen molar-refractivity contribution >= 4 is 11.7 Å². The van der Waals surface area contributed by atoms with Crippen molar-refractivity contribution in [3.63, 3.8) is 0 Å². The van der Waals surface area contributed by atoms with E-state index in [1.54, 1.807) is 6.07 Å². The van der Waals surface area contributed by atoms with E-state index in [2.05, 4.69) is 35.4 Å². The van der Waals surface area contributed by atoms with Crippen LogP contribution < -0.4 is 5.32 Å². The topological polar surface area (TPSA) is 71.3 Å². The highest BCUT2D eigenvalue weighted by molar-refractivity contribution is 5.91. The van der Waals surface area contributed by atoms with E-state index in [4.69, 9.17) is 4.52 Å². The molecular formula is C19H26N4O2. The fourth-order valence-corrected chi connectivity index (χ4v) is 3.35. The van der Waals surface area contributed by atoms with E-state index < -0.39 is 0 Å². The van der Waals surface area contributed by atoms with Gasteiger partial charge in [0.2, 0.25) is 5.76 Å². The number of nitrogens with one attached hydrogen (secondary N) is 1. The van der Waals surface area contributed by atoms with Crippen molar-refractivity contribution in [2.75, 3.05) is 25.5 Å². The molecule has 6 heteroatoms. The van der Waals surface area contributed by atoms with Gasteiger partial charge in [-0.2, -0.15) is 0 Å². The summed E-state index contributed by atoms with van der Waals surface area (Å²) in [5.41, 5.74) is 2.06. The zero-order valence-corrected chi connectivity index (χ0v) is 15.2. The summed E-state index contributed by atoms with van der Waals surface area (Å²) in [5.74, 6) is 1.96. The Bertz CT molecular complexity index is 726. The molecule has 1 N–H and O–H groups in total. The summed E-state index contributed by atoms with van der Waals surface area (Å²) in [6, 6.07) is 5.89. The molecule has 25 heavy (non-hydrogen) atoms. The monoisotopic (exact) mass is 342 g/mol. The van der Waals surface area contributed by atoms with Crippen molar-refractivity contribution in [3.8, 4) is 0 Å². The molecule has 0 unspecified atom stereocenters. The van der Waals surface area contributed by atoms with Crippen molar-refractivity contribution in [2.45, 2.75) is 39.0 Å². The number of aromatic nitrogens is 2. The number of carbonyl (C=O) groups is 1. The van der Waals surface area contributed by atoms with Crippen LogP contribution in [0.2, 0.25) is 0 Å². The molecule has 0 spiro atoms. The van der Waals surface area contributed by atoms with E-state index in [0.717, 1.165) is 37.3 Å². The summed E-state index contributed by atoms with van der Waals surface area (Å²) in [6.45, 7) is 5.71. The molecule has 1 atom stereocenters. The Balaban J connectivity index is 1.70. The Morgan fingerprint density at radius 1 is 1.44 bits per heavy atom. The first-order valence-corrected chi connectivity index (χ1v) is 8.95. The minimum Gasteiger partial charge on any atom is -0.373 e. The summed E-state index contributed by atoms with van der Waals surface area (Å²) in [5, 5.41) is 7.10. The van der Waals surface area contributed by atoms with Crippen molar-refractivity contribution in [3.05, 3.63) is 41.4 Å². The first kappa shape index (κ1) is 17.5. The van der Waals surface area contributed by atoms with E-state index in [9.17, 15) is 4.79 Å². The summed E-state index contributed by atoms with van der Waals surface area (Å²) in [6.07, 6.45) is 4.70. The van der Waals surface area contributed by atoms with Crippen LogP contribution in [-0.2, 0) is 6.42 Å². The van der Waals surface area contributed by atoms with E-state index >= 15 is 0 Å². The summed E-state index contributed by atoms with van der Waals surface area (Å²) in [7, 11) is 1.86. The van der Waals surface area contributed by atoms with Crippen LogP contribution >= 0.6 is 0 Å². The molecule has 0 aliphatic carbocycles. The standard InChI is InChI=1S/C19H26N4O2/c1-13(2)9-16-11-17(25-22-16)19(24)23-8-4-5-15(12-23)14-6-7-21-18(10-14)20-3/h6-7,10-11,13,15H,4-5,8-9,12H2,1-3H3,(H,20,21)/t15-/m1/s1. The van der Waals surface area contributed by atoms with Gasteiger partial charge in [0, 0.05) is 38.3 Å². The second kappa shape index (κ2) is 7.68. The van der Waals surface area contributed by atoms with Gasteiger partial charge in [0.25, 0.3) is 5.91 Å². The van der Waals surface area contributed by atoms with Gasteiger partial charge in [-0.05, 0) is 42.9 Å². The largest absolute Gasteiger partial charge is 0.373 e. The number of hydrogen-bond acceptors (Lipinski definition) is 5. The Morgan fingerprint density at radius 3 is 3.04 bits per heavy atom. The number of anilines is 1. The van der Waals surface area contributed by atoms with Crippen LogP contribution in [0, 0.1) is 5.92 Å². The molecule has 1 saturated heterocycles. The number of rotatable bonds is 5. The third-order valence-electron chi connectivity index (χ3n) is 4.61. The molecule has 0 saturated carbocycles. The molecule has 1 aliphatic rings. The van der Waals surface area contributed by atoms with Crippen molar-refractivity contribution in [1.82, 2.24) is 15.0 Å². The van der Waals surface area contributed by atoms with Crippen LogP contribution in [0.15, 0.2) is 28.9 Å². The summed E-state index contributed by atoms with van der Waals surface area (Å²) >= 11 is 0. The minimum atomic E-state index is -0.0601. The number of likely N-dealkylation sites (tertiary alicyclic amines) is 1. The summed E-state index contributed by atoms with van der Waals surface area (Å²) < 4.78 is 5.30. The number of hydrogen-bond donors (Lipinski definition) is 1. The molecule has 3 heterocycles. The maximum Gasteiger partial charge on any atom is 0.292 e. The average molecular weight is 342 g/mol. The highest BCUT2D eigenvalue weighted by Crippen LogP contribution is 2.28. The Hall–Kier alpha value is -2.37. The minimum absolute atomic E-state index is 0.0601. The lowest BCUT2D eigenvalue weighted by atomic mass is 9.91. The normalized spacial score (nSPS) is 17.8. The molecule has 2 aromatic heterocycles. The van der Waals surface area contributed by atoms with Crippen LogP contribution in [0.1, 0.15) is 54.4 Å². The van der Waals surface area contributed by atoms with Gasteiger partial charge < -0.3 is 14.7 Å². The molecule has 1 amide bonds. The molecule has 0 bridgehead atoms. The van der Waals surface area contributed by atoms with Gasteiger partial charge in [-0.25, -0.2) is 4.98 Å². The number of piperidine rings is 1. The van der Waals surface area contributed by atoms with E-state index in [0.29, 0.717) is 24.1 Å². The number of pyridine rings is 1. The van der Waals surface area contributed by atoms with Crippen LogP contribution in [0.25, 0.3) is 0 Å². The average Bonchev–Trinajstić information content (AvgIpc) is 3.09. The molecule has 2 aromatic rings. The van der Waals surface area contributed by atoms with Crippen LogP contribution in [0.4, 0.5) is 5.82 Å². The first-order chi connectivity index (χ1) is 12.1. The van der Waals surface area contributed by atoms with Gasteiger partial charge in [-0.15, -0.1) is 0 Å². The SMILES string of the molecule is CNc1cc([C@@H]2CCCN(C(=O)c3cc(CC(C)C)no3)C2)ccn1. The predicted octanol–water partition coefficient (Wildman–Crippen LogP) is 3.33. The third-order valence-corrected chi connectivity index (χ3v) is 4.61. The van der Waals surface area contributed by atoms with Gasteiger partial charge in [0.15, 0.2) is 0 Å². The lowest BCUT2D eigenvalue weighted by Gasteiger charge is -2.32. The number of nitrogens with zero attached hydrogens (tertiary/aromatic N) is 3. The van der Waals surface area contributed by atoms with Crippen LogP contribution in [0.5, 0.6) is 0 Å². The highest BCUT2D eigenvalue weighted by atomic mass is 16.5. The smallest absolute Gasteiger partial charge is 0.292 e. The second-order valence-electron chi connectivity index (χ2n) is 7.10.